The van der Waals surface area contributed by atoms with E-state index < -0.39 is 0 Å². The summed E-state index contributed by atoms with van der Waals surface area (Å²) in [5, 5.41) is 0. The van der Waals surface area contributed by atoms with Crippen molar-refractivity contribution in [3.8, 4) is 0 Å². The van der Waals surface area contributed by atoms with E-state index in [9.17, 15) is 0 Å². The highest BCUT2D eigenvalue weighted by Crippen LogP contribution is 2.26. The van der Waals surface area contributed by atoms with Gasteiger partial charge in [0, 0.05) is 12.0 Å². The highest BCUT2D eigenvalue weighted by Gasteiger charge is 2.33. The minimum atomic E-state index is 0.294. The molecule has 3 nitrogen and oxygen atoms in total. The highest BCUT2D eigenvalue weighted by molar-refractivity contribution is 4.79. The zero-order chi connectivity index (χ0) is 8.86. The number of hydrogen-bond acceptors (Lipinski definition) is 3. The van der Waals surface area contributed by atoms with Crippen LogP contribution in [-0.4, -0.2) is 33.0 Å². The fourth-order valence-corrected chi connectivity index (χ4v) is 1.20. The lowest BCUT2D eigenvalue weighted by Crippen LogP contribution is -2.43. The summed E-state index contributed by atoms with van der Waals surface area (Å²) in [6.45, 7) is 6.33. The molecule has 12 heavy (non-hydrogen) atoms. The highest BCUT2D eigenvalue weighted by atomic mass is 16.5. The summed E-state index contributed by atoms with van der Waals surface area (Å²) in [6, 6.07) is 0. The third kappa shape index (κ3) is 3.09. The molecule has 1 heterocycles. The predicted octanol–water partition coefficient (Wildman–Crippen LogP) is 0.778. The Morgan fingerprint density at radius 1 is 1.42 bits per heavy atom. The quantitative estimate of drug-likeness (QED) is 0.604. The number of unbranched alkanes of at least 4 members (excludes halogenated alkanes) is 1. The Morgan fingerprint density at radius 2 is 2.17 bits per heavy atom. The van der Waals surface area contributed by atoms with Gasteiger partial charge in [0.2, 0.25) is 0 Å². The van der Waals surface area contributed by atoms with E-state index in [1.165, 1.54) is 0 Å². The molecule has 0 amide bonds. The average molecular weight is 173 g/mol. The molecule has 72 valence electrons. The number of hydrogen-bond donors (Lipinski definition) is 1. The van der Waals surface area contributed by atoms with Crippen LogP contribution in [-0.2, 0) is 9.47 Å². The minimum Gasteiger partial charge on any atom is -0.381 e. The van der Waals surface area contributed by atoms with E-state index in [0.717, 1.165) is 45.8 Å². The van der Waals surface area contributed by atoms with Gasteiger partial charge in [-0.15, -0.1) is 0 Å². The third-order valence-electron chi connectivity index (χ3n) is 2.09. The molecule has 0 aromatic heterocycles. The molecule has 1 saturated heterocycles. The normalized spacial score (nSPS) is 20.5. The first-order valence-electron chi connectivity index (χ1n) is 4.62. The van der Waals surface area contributed by atoms with Gasteiger partial charge >= 0.3 is 0 Å². The number of ether oxygens (including phenoxy) is 2. The molecule has 1 fully saturated rings. The van der Waals surface area contributed by atoms with Crippen LogP contribution in [0.4, 0.5) is 0 Å². The zero-order valence-corrected chi connectivity index (χ0v) is 7.84. The molecular formula is C9H19NO2. The maximum Gasteiger partial charge on any atom is 0.0564 e. The second-order valence-corrected chi connectivity index (χ2v) is 3.85. The van der Waals surface area contributed by atoms with Crippen LogP contribution in [0.2, 0.25) is 0 Å². The van der Waals surface area contributed by atoms with Crippen molar-refractivity contribution < 1.29 is 9.47 Å². The molecule has 3 heteroatoms. The molecule has 0 aliphatic carbocycles. The summed E-state index contributed by atoms with van der Waals surface area (Å²) in [5.74, 6) is 0. The van der Waals surface area contributed by atoms with E-state index in [2.05, 4.69) is 6.92 Å². The van der Waals surface area contributed by atoms with Gasteiger partial charge in [0.1, 0.15) is 0 Å². The van der Waals surface area contributed by atoms with Crippen molar-refractivity contribution in [3.05, 3.63) is 0 Å². The Balaban J connectivity index is 1.88. The first kappa shape index (κ1) is 9.96. The van der Waals surface area contributed by atoms with Crippen LogP contribution >= 0.6 is 0 Å². The second-order valence-electron chi connectivity index (χ2n) is 3.85. The molecule has 1 aliphatic heterocycles. The molecule has 0 saturated carbocycles. The first-order chi connectivity index (χ1) is 5.77. The van der Waals surface area contributed by atoms with Crippen molar-refractivity contribution in [3.63, 3.8) is 0 Å². The largest absolute Gasteiger partial charge is 0.381 e. The smallest absolute Gasteiger partial charge is 0.0564 e. The SMILES string of the molecule is CC1(COCCCCN)COC1. The molecule has 0 unspecified atom stereocenters. The van der Waals surface area contributed by atoms with E-state index >= 15 is 0 Å². The van der Waals surface area contributed by atoms with E-state index in [-0.39, 0.29) is 0 Å². The molecule has 0 radical (unpaired) electrons. The van der Waals surface area contributed by atoms with E-state index in [0.29, 0.717) is 5.41 Å². The van der Waals surface area contributed by atoms with Crippen LogP contribution in [0.3, 0.4) is 0 Å². The molecule has 0 spiro atoms. The molecule has 1 aliphatic rings. The van der Waals surface area contributed by atoms with Gasteiger partial charge in [0.25, 0.3) is 0 Å². The Hall–Kier alpha value is -0.120. The van der Waals surface area contributed by atoms with Crippen LogP contribution in [0.15, 0.2) is 0 Å². The molecular weight excluding hydrogens is 154 g/mol. The summed E-state index contributed by atoms with van der Waals surface area (Å²) in [7, 11) is 0. The van der Waals surface area contributed by atoms with Gasteiger partial charge in [-0.1, -0.05) is 6.92 Å². The Labute approximate surface area is 74.2 Å². The Bertz CT molecular complexity index is 124. The monoisotopic (exact) mass is 173 g/mol. The lowest BCUT2D eigenvalue weighted by molar-refractivity contribution is -0.137. The van der Waals surface area contributed by atoms with Gasteiger partial charge in [-0.2, -0.15) is 0 Å². The molecule has 0 aromatic carbocycles. The van der Waals surface area contributed by atoms with Crippen molar-refractivity contribution in [1.82, 2.24) is 0 Å². The summed E-state index contributed by atoms with van der Waals surface area (Å²) < 4.78 is 10.6. The second kappa shape index (κ2) is 4.80. The van der Waals surface area contributed by atoms with Crippen molar-refractivity contribution in [1.29, 1.82) is 0 Å². The van der Waals surface area contributed by atoms with Crippen LogP contribution in [0.5, 0.6) is 0 Å². The fraction of sp³-hybridized carbons (Fsp3) is 1.00. The molecule has 0 atom stereocenters. The van der Waals surface area contributed by atoms with Crippen molar-refractivity contribution >= 4 is 0 Å². The Kier molecular flexibility index (Phi) is 3.98. The standard InChI is InChI=1S/C9H19NO2/c1-9(7-12-8-9)6-11-5-3-2-4-10/h2-8,10H2,1H3. The van der Waals surface area contributed by atoms with Gasteiger partial charge in [0.05, 0.1) is 19.8 Å². The van der Waals surface area contributed by atoms with E-state index in [4.69, 9.17) is 15.2 Å². The van der Waals surface area contributed by atoms with Crippen LogP contribution in [0.1, 0.15) is 19.8 Å². The maximum atomic E-state index is 5.51. The lowest BCUT2D eigenvalue weighted by atomic mass is 9.90. The predicted molar refractivity (Wildman–Crippen MR) is 48.0 cm³/mol. The lowest BCUT2D eigenvalue weighted by Gasteiger charge is -2.37. The first-order valence-corrected chi connectivity index (χ1v) is 4.62. The van der Waals surface area contributed by atoms with Gasteiger partial charge in [0.15, 0.2) is 0 Å². The average Bonchev–Trinajstić information content (AvgIpc) is 2.01. The van der Waals surface area contributed by atoms with Gasteiger partial charge in [-0.25, -0.2) is 0 Å². The van der Waals surface area contributed by atoms with Gasteiger partial charge in [-0.05, 0) is 19.4 Å². The number of nitrogens with two attached hydrogens (primary N) is 1. The summed E-state index contributed by atoms with van der Waals surface area (Å²) in [6.07, 6.45) is 2.14. The van der Waals surface area contributed by atoms with Crippen LogP contribution < -0.4 is 5.73 Å². The van der Waals surface area contributed by atoms with Gasteiger partial charge < -0.3 is 15.2 Å². The fourth-order valence-electron chi connectivity index (χ4n) is 1.20. The zero-order valence-electron chi connectivity index (χ0n) is 7.84. The Morgan fingerprint density at radius 3 is 2.67 bits per heavy atom. The van der Waals surface area contributed by atoms with E-state index in [1.807, 2.05) is 0 Å². The summed E-state index contributed by atoms with van der Waals surface area (Å²) in [4.78, 5) is 0. The molecule has 2 N–H and O–H groups in total. The topological polar surface area (TPSA) is 44.5 Å². The summed E-state index contributed by atoms with van der Waals surface area (Å²) >= 11 is 0. The molecule has 1 rings (SSSR count). The van der Waals surface area contributed by atoms with Crippen LogP contribution in [0.25, 0.3) is 0 Å². The maximum absolute atomic E-state index is 5.51. The third-order valence-corrected chi connectivity index (χ3v) is 2.09. The van der Waals surface area contributed by atoms with Crippen molar-refractivity contribution in [2.75, 3.05) is 33.0 Å². The van der Waals surface area contributed by atoms with Crippen molar-refractivity contribution in [2.24, 2.45) is 11.1 Å². The number of rotatable bonds is 6. The van der Waals surface area contributed by atoms with Gasteiger partial charge in [-0.3, -0.25) is 0 Å². The summed E-state index contributed by atoms with van der Waals surface area (Å²) in [5.41, 5.74) is 5.65. The van der Waals surface area contributed by atoms with Crippen LogP contribution in [0, 0.1) is 5.41 Å². The molecule has 0 bridgehead atoms. The minimum absolute atomic E-state index is 0.294. The van der Waals surface area contributed by atoms with E-state index in [1.54, 1.807) is 0 Å². The molecule has 0 aromatic rings. The van der Waals surface area contributed by atoms with Crippen molar-refractivity contribution in [2.45, 2.75) is 19.8 Å².